The fraction of sp³-hybridized carbons (Fsp3) is 0.556. The van der Waals surface area contributed by atoms with E-state index in [4.69, 9.17) is 9.47 Å². The molecule has 0 saturated carbocycles. The fourth-order valence-corrected chi connectivity index (χ4v) is 2.84. The molecule has 1 aromatic rings. The van der Waals surface area contributed by atoms with Crippen LogP contribution in [0.1, 0.15) is 49.9 Å². The van der Waals surface area contributed by atoms with Gasteiger partial charge in [-0.25, -0.2) is 4.79 Å². The van der Waals surface area contributed by atoms with Gasteiger partial charge in [-0.1, -0.05) is 6.92 Å². The van der Waals surface area contributed by atoms with Gasteiger partial charge in [0.05, 0.1) is 13.2 Å². The Hall–Kier alpha value is -2.24. The zero-order chi connectivity index (χ0) is 17.5. The minimum absolute atomic E-state index is 0.273. The number of carboxylic acid groups (broad SMARTS) is 1. The predicted molar refractivity (Wildman–Crippen MR) is 89.7 cm³/mol. The van der Waals surface area contributed by atoms with Crippen LogP contribution in [-0.4, -0.2) is 47.7 Å². The average Bonchev–Trinajstić information content (AvgIpc) is 2.60. The molecule has 1 fully saturated rings. The summed E-state index contributed by atoms with van der Waals surface area (Å²) >= 11 is 0. The molecular weight excluding hydrogens is 310 g/mol. The summed E-state index contributed by atoms with van der Waals surface area (Å²) in [7, 11) is 0. The van der Waals surface area contributed by atoms with Crippen LogP contribution in [0.3, 0.4) is 0 Å². The van der Waals surface area contributed by atoms with E-state index in [0.29, 0.717) is 43.2 Å². The molecule has 1 N–H and O–H groups in total. The average molecular weight is 335 g/mol. The molecule has 1 unspecified atom stereocenters. The van der Waals surface area contributed by atoms with Crippen molar-refractivity contribution in [2.45, 2.75) is 45.6 Å². The van der Waals surface area contributed by atoms with Crippen molar-refractivity contribution in [2.24, 2.45) is 0 Å². The Labute approximate surface area is 142 Å². The number of hydrogen-bond donors (Lipinski definition) is 1. The number of carbonyl (C=O) groups excluding carboxylic acids is 1. The number of carbonyl (C=O) groups is 2. The smallest absolute Gasteiger partial charge is 0.326 e. The van der Waals surface area contributed by atoms with Gasteiger partial charge in [-0.3, -0.25) is 4.79 Å². The number of benzene rings is 1. The highest BCUT2D eigenvalue weighted by Crippen LogP contribution is 2.30. The summed E-state index contributed by atoms with van der Waals surface area (Å²) in [6.45, 7) is 5.37. The summed E-state index contributed by atoms with van der Waals surface area (Å²) in [5.41, 5.74) is 0.426. The molecule has 0 spiro atoms. The standard InChI is InChI=1S/C18H25NO5/c1-3-11-24-15-9-8-13(12-16(15)23-4-2)17(20)19-10-6-5-7-14(19)18(21)22/h8-9,12,14H,3-7,10-11H2,1-2H3,(H,21,22). The number of aliphatic carboxylic acids is 1. The molecular formula is C18H25NO5. The van der Waals surface area contributed by atoms with Crippen molar-refractivity contribution in [3.05, 3.63) is 23.8 Å². The number of nitrogens with zero attached hydrogens (tertiary/aromatic N) is 1. The highest BCUT2D eigenvalue weighted by atomic mass is 16.5. The first-order valence-corrected chi connectivity index (χ1v) is 8.51. The number of ether oxygens (including phenoxy) is 2. The van der Waals surface area contributed by atoms with Crippen LogP contribution in [0.2, 0.25) is 0 Å². The Balaban J connectivity index is 2.24. The van der Waals surface area contributed by atoms with Gasteiger partial charge >= 0.3 is 5.97 Å². The van der Waals surface area contributed by atoms with E-state index >= 15 is 0 Å². The minimum Gasteiger partial charge on any atom is -0.490 e. The summed E-state index contributed by atoms with van der Waals surface area (Å²) in [6, 6.07) is 4.28. The topological polar surface area (TPSA) is 76.1 Å². The SMILES string of the molecule is CCCOc1ccc(C(=O)N2CCCCC2C(=O)O)cc1OCC. The maximum atomic E-state index is 12.8. The second kappa shape index (κ2) is 8.57. The van der Waals surface area contributed by atoms with E-state index < -0.39 is 12.0 Å². The van der Waals surface area contributed by atoms with Gasteiger partial charge in [0.2, 0.25) is 0 Å². The van der Waals surface area contributed by atoms with Gasteiger partial charge in [0, 0.05) is 12.1 Å². The third-order valence-corrected chi connectivity index (χ3v) is 4.00. The summed E-state index contributed by atoms with van der Waals surface area (Å²) in [6.07, 6.45) is 3.03. The Morgan fingerprint density at radius 3 is 2.67 bits per heavy atom. The zero-order valence-electron chi connectivity index (χ0n) is 14.3. The molecule has 0 bridgehead atoms. The van der Waals surface area contributed by atoms with Crippen LogP contribution < -0.4 is 9.47 Å². The first-order valence-electron chi connectivity index (χ1n) is 8.51. The molecule has 1 aromatic carbocycles. The zero-order valence-corrected chi connectivity index (χ0v) is 14.3. The van der Waals surface area contributed by atoms with Gasteiger partial charge in [0.1, 0.15) is 6.04 Å². The van der Waals surface area contributed by atoms with Crippen molar-refractivity contribution in [1.29, 1.82) is 0 Å². The highest BCUT2D eigenvalue weighted by Gasteiger charge is 2.32. The maximum absolute atomic E-state index is 12.8. The van der Waals surface area contributed by atoms with E-state index in [-0.39, 0.29) is 5.91 Å². The molecule has 2 rings (SSSR count). The second-order valence-corrected chi connectivity index (χ2v) is 5.79. The van der Waals surface area contributed by atoms with E-state index in [1.165, 1.54) is 4.90 Å². The first-order chi connectivity index (χ1) is 11.6. The van der Waals surface area contributed by atoms with Gasteiger partial charge in [-0.2, -0.15) is 0 Å². The van der Waals surface area contributed by atoms with Crippen LogP contribution in [0.5, 0.6) is 11.5 Å². The van der Waals surface area contributed by atoms with E-state index in [1.807, 2.05) is 13.8 Å². The van der Waals surface area contributed by atoms with Crippen LogP contribution in [-0.2, 0) is 4.79 Å². The van der Waals surface area contributed by atoms with Crippen LogP contribution in [0.25, 0.3) is 0 Å². The molecule has 1 atom stereocenters. The third-order valence-electron chi connectivity index (χ3n) is 4.00. The lowest BCUT2D eigenvalue weighted by atomic mass is 10.0. The molecule has 6 heteroatoms. The van der Waals surface area contributed by atoms with E-state index in [0.717, 1.165) is 19.3 Å². The molecule has 132 valence electrons. The van der Waals surface area contributed by atoms with Crippen molar-refractivity contribution in [3.63, 3.8) is 0 Å². The van der Waals surface area contributed by atoms with Crippen LogP contribution in [0, 0.1) is 0 Å². The molecule has 1 amide bonds. The predicted octanol–water partition coefficient (Wildman–Crippen LogP) is 2.95. The molecule has 1 heterocycles. The summed E-state index contributed by atoms with van der Waals surface area (Å²) in [5, 5.41) is 9.35. The van der Waals surface area contributed by atoms with Gasteiger partial charge in [0.15, 0.2) is 11.5 Å². The second-order valence-electron chi connectivity index (χ2n) is 5.79. The van der Waals surface area contributed by atoms with Crippen LogP contribution in [0.4, 0.5) is 0 Å². The molecule has 24 heavy (non-hydrogen) atoms. The summed E-state index contributed by atoms with van der Waals surface area (Å²) in [4.78, 5) is 25.6. The summed E-state index contributed by atoms with van der Waals surface area (Å²) in [5.74, 6) is -0.106. The first kappa shape index (κ1) is 18.1. The monoisotopic (exact) mass is 335 g/mol. The van der Waals surface area contributed by atoms with E-state index in [9.17, 15) is 14.7 Å². The molecule has 6 nitrogen and oxygen atoms in total. The van der Waals surface area contributed by atoms with Crippen molar-refractivity contribution in [1.82, 2.24) is 4.90 Å². The summed E-state index contributed by atoms with van der Waals surface area (Å²) < 4.78 is 11.2. The molecule has 1 saturated heterocycles. The van der Waals surface area contributed by atoms with Gasteiger partial charge in [-0.15, -0.1) is 0 Å². The largest absolute Gasteiger partial charge is 0.490 e. The van der Waals surface area contributed by atoms with E-state index in [2.05, 4.69) is 0 Å². The molecule has 1 aliphatic heterocycles. The van der Waals surface area contributed by atoms with Crippen molar-refractivity contribution < 1.29 is 24.2 Å². The molecule has 1 aliphatic rings. The Morgan fingerprint density at radius 1 is 1.21 bits per heavy atom. The van der Waals surface area contributed by atoms with Crippen LogP contribution >= 0.6 is 0 Å². The van der Waals surface area contributed by atoms with Crippen molar-refractivity contribution in [2.75, 3.05) is 19.8 Å². The van der Waals surface area contributed by atoms with Gasteiger partial charge in [-0.05, 0) is 50.8 Å². The lowest BCUT2D eigenvalue weighted by Gasteiger charge is -2.33. The van der Waals surface area contributed by atoms with Crippen molar-refractivity contribution >= 4 is 11.9 Å². The number of piperidine rings is 1. The molecule has 0 aliphatic carbocycles. The fourth-order valence-electron chi connectivity index (χ4n) is 2.84. The number of hydrogen-bond acceptors (Lipinski definition) is 4. The Morgan fingerprint density at radius 2 is 2.00 bits per heavy atom. The third kappa shape index (κ3) is 4.19. The normalized spacial score (nSPS) is 17.4. The molecule has 0 radical (unpaired) electrons. The van der Waals surface area contributed by atoms with Gasteiger partial charge < -0.3 is 19.5 Å². The number of amides is 1. The lowest BCUT2D eigenvalue weighted by molar-refractivity contribution is -0.143. The van der Waals surface area contributed by atoms with Crippen molar-refractivity contribution in [3.8, 4) is 11.5 Å². The van der Waals surface area contributed by atoms with Gasteiger partial charge in [0.25, 0.3) is 5.91 Å². The Bertz CT molecular complexity index is 587. The number of rotatable bonds is 7. The van der Waals surface area contributed by atoms with E-state index in [1.54, 1.807) is 18.2 Å². The maximum Gasteiger partial charge on any atom is 0.326 e. The lowest BCUT2D eigenvalue weighted by Crippen LogP contribution is -2.47. The molecule has 0 aromatic heterocycles. The Kier molecular flexibility index (Phi) is 6.46. The highest BCUT2D eigenvalue weighted by molar-refractivity contribution is 5.97. The van der Waals surface area contributed by atoms with Crippen LogP contribution in [0.15, 0.2) is 18.2 Å². The quantitative estimate of drug-likeness (QED) is 0.829. The minimum atomic E-state index is -0.948. The number of likely N-dealkylation sites (tertiary alicyclic amines) is 1. The number of carboxylic acids is 1.